The highest BCUT2D eigenvalue weighted by Gasteiger charge is 2.45. The lowest BCUT2D eigenvalue weighted by molar-refractivity contribution is -0.136. The first-order chi connectivity index (χ1) is 17.5. The number of nitrogens with one attached hydrogen (secondary N) is 1. The summed E-state index contributed by atoms with van der Waals surface area (Å²) >= 11 is 3.41. The fourth-order valence-corrected chi connectivity index (χ4v) is 5.23. The Morgan fingerprint density at radius 3 is 2.62 bits per heavy atom. The Morgan fingerprint density at radius 2 is 1.92 bits per heavy atom. The third-order valence-corrected chi connectivity index (χ3v) is 6.90. The van der Waals surface area contributed by atoms with Crippen molar-refractivity contribution in [3.05, 3.63) is 80.9 Å². The van der Waals surface area contributed by atoms with Crippen LogP contribution >= 0.6 is 15.9 Å². The molecule has 1 aliphatic carbocycles. The predicted molar refractivity (Wildman–Crippen MR) is 142 cm³/mol. The van der Waals surface area contributed by atoms with E-state index < -0.39 is 11.9 Å². The minimum absolute atomic E-state index is 0.0281. The minimum Gasteiger partial charge on any atom is -0.483 e. The van der Waals surface area contributed by atoms with E-state index in [1.54, 1.807) is 30.3 Å². The summed E-state index contributed by atoms with van der Waals surface area (Å²) in [5, 5.41) is 2.84. The van der Waals surface area contributed by atoms with Crippen LogP contribution in [0, 0.1) is 12.3 Å². The molecule has 4 rings (SSSR count). The number of para-hydroxylation sites is 1. The van der Waals surface area contributed by atoms with Gasteiger partial charge in [0.15, 0.2) is 12.4 Å². The van der Waals surface area contributed by atoms with Gasteiger partial charge in [0.25, 0.3) is 5.91 Å². The molecule has 1 amide bonds. The van der Waals surface area contributed by atoms with Crippen molar-refractivity contribution in [2.45, 2.75) is 39.5 Å². The van der Waals surface area contributed by atoms with Gasteiger partial charge in [0.1, 0.15) is 17.1 Å². The second kappa shape index (κ2) is 10.4. The van der Waals surface area contributed by atoms with Crippen LogP contribution in [0.25, 0.3) is 0 Å². The number of ether oxygens (including phenoxy) is 3. The van der Waals surface area contributed by atoms with Gasteiger partial charge in [-0.1, -0.05) is 48.0 Å². The molecule has 2 aromatic rings. The molecule has 0 fully saturated rings. The zero-order valence-electron chi connectivity index (χ0n) is 21.1. The van der Waals surface area contributed by atoms with E-state index >= 15 is 0 Å². The summed E-state index contributed by atoms with van der Waals surface area (Å²) in [5.74, 6) is -1.38. The monoisotopic (exact) mass is 568 g/mol. The van der Waals surface area contributed by atoms with Gasteiger partial charge >= 0.3 is 5.97 Å². The number of aryl methyl sites for hydroxylation is 1. The van der Waals surface area contributed by atoms with Crippen LogP contribution in [0.15, 0.2) is 69.7 Å². The molecule has 194 valence electrons. The molecule has 2 aromatic carbocycles. The first-order valence-electron chi connectivity index (χ1n) is 11.8. The van der Waals surface area contributed by atoms with Gasteiger partial charge in [0, 0.05) is 34.1 Å². The van der Waals surface area contributed by atoms with Gasteiger partial charge in [-0.3, -0.25) is 9.59 Å². The number of rotatable bonds is 6. The molecular weight excluding hydrogens is 540 g/mol. The largest absolute Gasteiger partial charge is 0.483 e. The second-order valence-electron chi connectivity index (χ2n) is 9.92. The molecule has 2 aliphatic rings. The van der Waals surface area contributed by atoms with Crippen LogP contribution in [-0.2, 0) is 23.9 Å². The number of ketones is 1. The van der Waals surface area contributed by atoms with Crippen LogP contribution < -0.4 is 15.8 Å². The summed E-state index contributed by atoms with van der Waals surface area (Å²) in [4.78, 5) is 38.9. The molecule has 9 heteroatoms. The van der Waals surface area contributed by atoms with Gasteiger partial charge in [-0.25, -0.2) is 4.79 Å². The Hall–Kier alpha value is -3.59. The van der Waals surface area contributed by atoms with Crippen LogP contribution in [0.4, 0.5) is 5.69 Å². The molecule has 0 bridgehead atoms. The third-order valence-electron chi connectivity index (χ3n) is 6.41. The van der Waals surface area contributed by atoms with Crippen molar-refractivity contribution in [3.63, 3.8) is 0 Å². The predicted octanol–water partition coefficient (Wildman–Crippen LogP) is 4.88. The smallest absolute Gasteiger partial charge is 0.340 e. The number of hydrogen-bond acceptors (Lipinski definition) is 7. The average Bonchev–Trinajstić information content (AvgIpc) is 2.82. The number of nitrogens with two attached hydrogens (primary N) is 1. The number of allylic oxidation sites excluding steroid dienone is 2. The summed E-state index contributed by atoms with van der Waals surface area (Å²) in [5.41, 5.74) is 8.36. The van der Waals surface area contributed by atoms with Gasteiger partial charge in [-0.05, 0) is 42.2 Å². The molecule has 0 saturated heterocycles. The molecule has 3 N–H and O–H groups in total. The van der Waals surface area contributed by atoms with E-state index in [1.165, 1.54) is 7.11 Å². The van der Waals surface area contributed by atoms with Crippen molar-refractivity contribution >= 4 is 39.3 Å². The molecule has 0 aromatic heterocycles. The maximum atomic E-state index is 13.4. The lowest BCUT2D eigenvalue weighted by Gasteiger charge is -2.38. The summed E-state index contributed by atoms with van der Waals surface area (Å²) in [7, 11) is 1.24. The fraction of sp³-hybridized carbons (Fsp3) is 0.321. The number of hydrogen-bond donors (Lipinski definition) is 2. The lowest BCUT2D eigenvalue weighted by Crippen LogP contribution is -2.35. The van der Waals surface area contributed by atoms with Crippen molar-refractivity contribution < 1.29 is 28.6 Å². The number of halogens is 1. The Labute approximate surface area is 224 Å². The molecule has 8 nitrogen and oxygen atoms in total. The topological polar surface area (TPSA) is 117 Å². The number of amides is 1. The second-order valence-corrected chi connectivity index (χ2v) is 10.8. The van der Waals surface area contributed by atoms with Crippen LogP contribution in [0.3, 0.4) is 0 Å². The van der Waals surface area contributed by atoms with Crippen molar-refractivity contribution in [3.8, 4) is 5.75 Å². The first-order valence-corrected chi connectivity index (χ1v) is 12.6. The third kappa shape index (κ3) is 5.56. The number of carbonyl (C=O) groups is 3. The number of carbonyl (C=O) groups excluding carboxylic acids is 3. The molecular formula is C28H29BrN2O6. The Morgan fingerprint density at radius 1 is 1.19 bits per heavy atom. The quantitative estimate of drug-likeness (QED) is 0.477. The van der Waals surface area contributed by atoms with Crippen LogP contribution in [0.5, 0.6) is 5.75 Å². The number of benzene rings is 2. The molecule has 1 unspecified atom stereocenters. The normalized spacial score (nSPS) is 18.6. The molecule has 1 atom stereocenters. The number of esters is 1. The van der Waals surface area contributed by atoms with Gasteiger partial charge < -0.3 is 25.3 Å². The summed E-state index contributed by atoms with van der Waals surface area (Å²) in [6.07, 6.45) is 0.774. The van der Waals surface area contributed by atoms with Gasteiger partial charge in [-0.15, -0.1) is 0 Å². The molecule has 0 radical (unpaired) electrons. The maximum absolute atomic E-state index is 13.4. The fourth-order valence-electron chi connectivity index (χ4n) is 4.75. The van der Waals surface area contributed by atoms with E-state index in [4.69, 9.17) is 19.9 Å². The number of methoxy groups -OCH3 is 1. The zero-order valence-corrected chi connectivity index (χ0v) is 22.7. The summed E-state index contributed by atoms with van der Waals surface area (Å²) in [6.45, 7) is 5.56. The summed E-state index contributed by atoms with van der Waals surface area (Å²) < 4.78 is 17.6. The molecule has 0 saturated carbocycles. The highest BCUT2D eigenvalue weighted by molar-refractivity contribution is 9.10. The molecule has 0 spiro atoms. The molecule has 37 heavy (non-hydrogen) atoms. The van der Waals surface area contributed by atoms with Crippen molar-refractivity contribution in [1.29, 1.82) is 0 Å². The van der Waals surface area contributed by atoms with Gasteiger partial charge in [0.05, 0.1) is 13.0 Å². The van der Waals surface area contributed by atoms with E-state index in [2.05, 4.69) is 21.2 Å². The van der Waals surface area contributed by atoms with E-state index in [9.17, 15) is 14.4 Å². The Balaban J connectivity index is 1.68. The van der Waals surface area contributed by atoms with Crippen molar-refractivity contribution in [1.82, 2.24) is 0 Å². The lowest BCUT2D eigenvalue weighted by atomic mass is 9.70. The van der Waals surface area contributed by atoms with E-state index in [0.717, 1.165) is 10.0 Å². The van der Waals surface area contributed by atoms with E-state index in [0.29, 0.717) is 34.8 Å². The molecule has 1 aliphatic heterocycles. The minimum atomic E-state index is -0.854. The van der Waals surface area contributed by atoms with E-state index in [-0.39, 0.29) is 41.6 Å². The Kier molecular flexibility index (Phi) is 7.45. The van der Waals surface area contributed by atoms with Crippen LogP contribution in [-0.4, -0.2) is 31.4 Å². The standard InChI is InChI=1S/C28H29BrN2O6/c1-15-11-16(29)9-10-18(15)31-22(33)14-36-20-8-6-5-7-17(20)23-24-19(32)12-28(2,3)13-21(24)37-26(30)25(23)27(34)35-4/h5-11,23H,12-14,30H2,1-4H3,(H,31,33). The van der Waals surface area contributed by atoms with Crippen molar-refractivity contribution in [2.75, 3.05) is 19.0 Å². The maximum Gasteiger partial charge on any atom is 0.340 e. The van der Waals surface area contributed by atoms with E-state index in [1.807, 2.05) is 32.9 Å². The van der Waals surface area contributed by atoms with Gasteiger partial charge in [-0.2, -0.15) is 0 Å². The highest BCUT2D eigenvalue weighted by atomic mass is 79.9. The van der Waals surface area contributed by atoms with Crippen molar-refractivity contribution in [2.24, 2.45) is 11.1 Å². The Bertz CT molecular complexity index is 1340. The average molecular weight is 569 g/mol. The van der Waals surface area contributed by atoms with Crippen LogP contribution in [0.2, 0.25) is 0 Å². The number of Topliss-reactive ketones (excluding diaryl/α,β-unsaturated/α-hetero) is 1. The first kappa shape index (κ1) is 26.5. The number of anilines is 1. The SMILES string of the molecule is COC(=O)C1=C(N)OC2=C(C(=O)CC(C)(C)C2)C1c1ccccc1OCC(=O)Nc1ccc(Br)cc1C. The molecule has 1 heterocycles. The summed E-state index contributed by atoms with van der Waals surface area (Å²) in [6, 6.07) is 12.5. The van der Waals surface area contributed by atoms with Gasteiger partial charge in [0.2, 0.25) is 5.88 Å². The van der Waals surface area contributed by atoms with Crippen LogP contribution in [0.1, 0.15) is 43.7 Å². The zero-order chi connectivity index (χ0) is 26.9. The highest BCUT2D eigenvalue weighted by Crippen LogP contribution is 2.49.